The second kappa shape index (κ2) is 3.64. The van der Waals surface area contributed by atoms with Gasteiger partial charge in [0.25, 0.3) is 0 Å². The van der Waals surface area contributed by atoms with Crippen LogP contribution in [-0.2, 0) is 9.53 Å². The predicted molar refractivity (Wildman–Crippen MR) is 41.0 cm³/mol. The van der Waals surface area contributed by atoms with Gasteiger partial charge in [-0.25, -0.2) is 0 Å². The summed E-state index contributed by atoms with van der Waals surface area (Å²) < 4.78 is 4.41. The highest BCUT2D eigenvalue weighted by Crippen LogP contribution is 2.50. The van der Waals surface area contributed by atoms with E-state index in [1.54, 1.807) is 0 Å². The van der Waals surface area contributed by atoms with Crippen LogP contribution in [0.25, 0.3) is 0 Å². The van der Waals surface area contributed by atoms with Gasteiger partial charge in [-0.15, -0.1) is 0 Å². The molecule has 0 unspecified atom stereocenters. The van der Waals surface area contributed by atoms with Gasteiger partial charge in [0, 0.05) is 5.31 Å². The smallest absolute Gasteiger partial charge is 0.302 e. The minimum absolute atomic E-state index is 0.280. The van der Waals surface area contributed by atoms with Gasteiger partial charge in [0.15, 0.2) is 0 Å². The molecule has 0 N–H and O–H groups in total. The Bertz CT molecular complexity index is 119. The van der Waals surface area contributed by atoms with Crippen molar-refractivity contribution in [3.63, 3.8) is 0 Å². The monoisotopic (exact) mass is 140 g/mol. The Balaban J connectivity index is 0.000000371. The van der Waals surface area contributed by atoms with Crippen molar-refractivity contribution in [3.05, 3.63) is 0 Å². The van der Waals surface area contributed by atoms with E-state index in [-0.39, 0.29) is 5.97 Å². The lowest BCUT2D eigenvalue weighted by molar-refractivity contribution is -0.141. The van der Waals surface area contributed by atoms with Crippen LogP contribution in [0.15, 0.2) is 0 Å². The largest absolute Gasteiger partial charge is 0.469 e. The maximum absolute atomic E-state index is 10.5. The van der Waals surface area contributed by atoms with Gasteiger partial charge < -0.3 is 4.74 Å². The average Bonchev–Trinajstić information content (AvgIpc) is 2.72. The number of ether oxygens (including phenoxy) is 1. The van der Waals surface area contributed by atoms with E-state index in [4.69, 9.17) is 7.85 Å². The molecule has 0 heterocycles. The molecule has 0 bridgehead atoms. The van der Waals surface area contributed by atoms with E-state index in [1.165, 1.54) is 7.11 Å². The number of hydrogen-bond acceptors (Lipinski definition) is 2. The van der Waals surface area contributed by atoms with E-state index in [0.29, 0.717) is 0 Å². The Morgan fingerprint density at radius 2 is 1.90 bits per heavy atom. The van der Waals surface area contributed by atoms with Crippen LogP contribution in [0.1, 0.15) is 26.7 Å². The van der Waals surface area contributed by atoms with Crippen molar-refractivity contribution in [2.75, 3.05) is 7.11 Å². The zero-order valence-corrected chi connectivity index (χ0v) is 6.81. The first-order valence-corrected chi connectivity index (χ1v) is 3.56. The highest BCUT2D eigenvalue weighted by Gasteiger charge is 2.45. The standard InChI is InChI=1S/C5H7BO2.C2H6/c1-8-4(7)5(6)2-3-5;1-2/h2-3H2,1H3;1-2H3. The second-order valence-electron chi connectivity index (χ2n) is 2.15. The number of hydrogen-bond donors (Lipinski definition) is 0. The SMILES string of the molecule is CC.[B]C1(C(=O)OC)CC1. The quantitative estimate of drug-likeness (QED) is 0.405. The van der Waals surface area contributed by atoms with Crippen LogP contribution in [0.2, 0.25) is 5.31 Å². The Morgan fingerprint density at radius 1 is 1.50 bits per heavy atom. The Labute approximate surface area is 63.4 Å². The third-order valence-corrected chi connectivity index (χ3v) is 1.38. The van der Waals surface area contributed by atoms with E-state index in [9.17, 15) is 4.79 Å². The highest BCUT2D eigenvalue weighted by atomic mass is 16.5. The number of esters is 1. The lowest BCUT2D eigenvalue weighted by atomic mass is 9.84. The molecule has 1 aliphatic rings. The van der Waals surface area contributed by atoms with E-state index in [1.807, 2.05) is 13.8 Å². The first kappa shape index (κ1) is 9.53. The molecular weight excluding hydrogens is 127 g/mol. The van der Waals surface area contributed by atoms with Crippen molar-refractivity contribution in [1.82, 2.24) is 0 Å². The third-order valence-electron chi connectivity index (χ3n) is 1.38. The van der Waals surface area contributed by atoms with E-state index in [2.05, 4.69) is 4.74 Å². The molecule has 2 radical (unpaired) electrons. The topological polar surface area (TPSA) is 26.3 Å². The normalized spacial score (nSPS) is 18.3. The molecule has 0 amide bonds. The molecule has 10 heavy (non-hydrogen) atoms. The fourth-order valence-corrected chi connectivity index (χ4v) is 0.542. The molecule has 1 aliphatic carbocycles. The van der Waals surface area contributed by atoms with Gasteiger partial charge in [-0.3, -0.25) is 4.79 Å². The Kier molecular flexibility index (Phi) is 3.47. The molecule has 1 fully saturated rings. The molecule has 0 aromatic carbocycles. The summed E-state index contributed by atoms with van der Waals surface area (Å²) in [5.74, 6) is -0.280. The summed E-state index contributed by atoms with van der Waals surface area (Å²) in [6, 6.07) is 0. The van der Waals surface area contributed by atoms with Crippen molar-refractivity contribution >= 4 is 13.8 Å². The maximum Gasteiger partial charge on any atom is 0.302 e. The van der Waals surface area contributed by atoms with Gasteiger partial charge >= 0.3 is 5.97 Å². The molecule has 56 valence electrons. The number of rotatable bonds is 1. The third kappa shape index (κ3) is 2.05. The molecule has 0 saturated heterocycles. The van der Waals surface area contributed by atoms with Gasteiger partial charge in [-0.05, 0) is 12.8 Å². The van der Waals surface area contributed by atoms with Crippen molar-refractivity contribution in [3.8, 4) is 0 Å². The minimum Gasteiger partial charge on any atom is -0.469 e. The molecule has 1 rings (SSSR count). The summed E-state index contributed by atoms with van der Waals surface area (Å²) in [5.41, 5.74) is 0. The first-order chi connectivity index (χ1) is 4.69. The fourth-order valence-electron chi connectivity index (χ4n) is 0.542. The summed E-state index contributed by atoms with van der Waals surface area (Å²) >= 11 is 0. The zero-order valence-electron chi connectivity index (χ0n) is 6.81. The maximum atomic E-state index is 10.5. The lowest BCUT2D eigenvalue weighted by Gasteiger charge is -2.02. The Hall–Kier alpha value is -0.465. The van der Waals surface area contributed by atoms with E-state index < -0.39 is 5.31 Å². The van der Waals surface area contributed by atoms with Crippen LogP contribution in [0.4, 0.5) is 0 Å². The van der Waals surface area contributed by atoms with Crippen LogP contribution in [0.5, 0.6) is 0 Å². The molecule has 0 aromatic rings. The molecule has 2 nitrogen and oxygen atoms in total. The van der Waals surface area contributed by atoms with Crippen LogP contribution in [0.3, 0.4) is 0 Å². The number of carbonyl (C=O) groups excluding carboxylic acids is 1. The lowest BCUT2D eigenvalue weighted by Crippen LogP contribution is -2.10. The minimum atomic E-state index is -0.602. The molecule has 0 atom stereocenters. The fraction of sp³-hybridized carbons (Fsp3) is 0.857. The molecule has 0 aliphatic heterocycles. The summed E-state index contributed by atoms with van der Waals surface area (Å²) in [6.07, 6.45) is 1.55. The van der Waals surface area contributed by atoms with Gasteiger partial charge in [-0.1, -0.05) is 13.8 Å². The summed E-state index contributed by atoms with van der Waals surface area (Å²) in [4.78, 5) is 10.5. The molecular formula is C7H13BO2. The zero-order chi connectivity index (χ0) is 8.20. The molecule has 1 saturated carbocycles. The van der Waals surface area contributed by atoms with Gasteiger partial charge in [0.05, 0.1) is 15.0 Å². The number of carbonyl (C=O) groups is 1. The van der Waals surface area contributed by atoms with Gasteiger partial charge in [0.2, 0.25) is 0 Å². The Morgan fingerprint density at radius 3 is 2.00 bits per heavy atom. The number of methoxy groups -OCH3 is 1. The molecule has 0 spiro atoms. The second-order valence-corrected chi connectivity index (χ2v) is 2.15. The van der Waals surface area contributed by atoms with Crippen LogP contribution < -0.4 is 0 Å². The van der Waals surface area contributed by atoms with Crippen molar-refractivity contribution in [1.29, 1.82) is 0 Å². The van der Waals surface area contributed by atoms with E-state index in [0.717, 1.165) is 12.8 Å². The summed E-state index contributed by atoms with van der Waals surface area (Å²) in [5, 5.41) is -0.602. The molecule has 3 heteroatoms. The summed E-state index contributed by atoms with van der Waals surface area (Å²) in [6.45, 7) is 4.00. The van der Waals surface area contributed by atoms with Crippen LogP contribution >= 0.6 is 0 Å². The van der Waals surface area contributed by atoms with Gasteiger partial charge in [-0.2, -0.15) is 0 Å². The predicted octanol–water partition coefficient (Wildman–Crippen LogP) is 1.31. The van der Waals surface area contributed by atoms with Gasteiger partial charge in [0.1, 0.15) is 0 Å². The van der Waals surface area contributed by atoms with Crippen molar-refractivity contribution in [2.45, 2.75) is 32.0 Å². The highest BCUT2D eigenvalue weighted by molar-refractivity contribution is 6.29. The average molecular weight is 140 g/mol. The van der Waals surface area contributed by atoms with Crippen LogP contribution in [0, 0.1) is 0 Å². The first-order valence-electron chi connectivity index (χ1n) is 3.56. The van der Waals surface area contributed by atoms with Crippen molar-refractivity contribution < 1.29 is 9.53 Å². The van der Waals surface area contributed by atoms with Crippen molar-refractivity contribution in [2.24, 2.45) is 0 Å². The van der Waals surface area contributed by atoms with E-state index >= 15 is 0 Å². The summed E-state index contributed by atoms with van der Waals surface area (Å²) in [7, 11) is 6.78. The van der Waals surface area contributed by atoms with Crippen LogP contribution in [-0.4, -0.2) is 20.9 Å². The molecule has 0 aromatic heterocycles.